The Morgan fingerprint density at radius 3 is 2.35 bits per heavy atom. The van der Waals surface area contributed by atoms with Gasteiger partial charge in [0.1, 0.15) is 5.75 Å². The van der Waals surface area contributed by atoms with E-state index < -0.39 is 5.97 Å². The zero-order valence-electron chi connectivity index (χ0n) is 14.5. The fourth-order valence-electron chi connectivity index (χ4n) is 2.65. The summed E-state index contributed by atoms with van der Waals surface area (Å²) in [6.45, 7) is 5.06. The Kier molecular flexibility index (Phi) is 5.22. The van der Waals surface area contributed by atoms with Crippen LogP contribution in [0.15, 0.2) is 47.1 Å². The number of ether oxygens (including phenoxy) is 2. The highest BCUT2D eigenvalue weighted by Crippen LogP contribution is 2.27. The van der Waals surface area contributed by atoms with E-state index in [2.05, 4.69) is 27.6 Å². The molecule has 3 rings (SSSR count). The van der Waals surface area contributed by atoms with Gasteiger partial charge in [0.2, 0.25) is 5.90 Å². The van der Waals surface area contributed by atoms with Crippen molar-refractivity contribution in [2.75, 3.05) is 0 Å². The largest absolute Gasteiger partial charge is 0.426 e. The molecule has 132 valence electrons. The summed E-state index contributed by atoms with van der Waals surface area (Å²) in [6, 6.07) is 11.2. The number of carbonyl (C=O) groups is 2. The van der Waals surface area contributed by atoms with Gasteiger partial charge in [0.25, 0.3) is 0 Å². The van der Waals surface area contributed by atoms with Gasteiger partial charge in [-0.1, -0.05) is 0 Å². The third-order valence-corrected chi connectivity index (χ3v) is 4.46. The summed E-state index contributed by atoms with van der Waals surface area (Å²) in [5, 5.41) is 0. The Hall–Kier alpha value is -2.48. The molecule has 0 radical (unpaired) electrons. The number of halogens is 1. The monoisotopic (exact) mass is 461 g/mol. The number of benzene rings is 2. The second kappa shape index (κ2) is 7.41. The molecule has 26 heavy (non-hydrogen) atoms. The summed E-state index contributed by atoms with van der Waals surface area (Å²) >= 11 is 2.21. The number of cyclic esters (lactones) is 1. The summed E-state index contributed by atoms with van der Waals surface area (Å²) in [5.41, 5.74) is 3.38. The minimum atomic E-state index is -0.488. The van der Waals surface area contributed by atoms with Crippen molar-refractivity contribution in [3.8, 4) is 5.75 Å². The molecule has 0 amide bonds. The fourth-order valence-corrected chi connectivity index (χ4v) is 3.01. The van der Waals surface area contributed by atoms with E-state index in [9.17, 15) is 9.59 Å². The van der Waals surface area contributed by atoms with Crippen LogP contribution >= 0.6 is 22.6 Å². The van der Waals surface area contributed by atoms with Crippen LogP contribution in [0.2, 0.25) is 0 Å². The van der Waals surface area contributed by atoms with Crippen LogP contribution in [0.5, 0.6) is 5.75 Å². The highest BCUT2D eigenvalue weighted by Gasteiger charge is 2.24. The van der Waals surface area contributed by atoms with Crippen molar-refractivity contribution < 1.29 is 19.1 Å². The van der Waals surface area contributed by atoms with E-state index in [-0.39, 0.29) is 11.7 Å². The zero-order chi connectivity index (χ0) is 18.8. The van der Waals surface area contributed by atoms with Crippen LogP contribution in [0.1, 0.15) is 29.2 Å². The number of rotatable bonds is 3. The molecule has 5 nitrogen and oxygen atoms in total. The van der Waals surface area contributed by atoms with Gasteiger partial charge in [-0.05, 0) is 95.6 Å². The average Bonchev–Trinajstić information content (AvgIpc) is 2.92. The molecule has 0 aliphatic carbocycles. The average molecular weight is 461 g/mol. The molecule has 0 bridgehead atoms. The van der Waals surface area contributed by atoms with Crippen LogP contribution < -0.4 is 4.74 Å². The quantitative estimate of drug-likeness (QED) is 0.298. The van der Waals surface area contributed by atoms with Gasteiger partial charge in [0.15, 0.2) is 5.70 Å². The lowest BCUT2D eigenvalue weighted by atomic mass is 10.0. The third kappa shape index (κ3) is 4.01. The van der Waals surface area contributed by atoms with Gasteiger partial charge in [0.05, 0.1) is 0 Å². The Bertz CT molecular complexity index is 935. The first-order valence-electron chi connectivity index (χ1n) is 7.91. The molecule has 1 aliphatic heterocycles. The van der Waals surface area contributed by atoms with E-state index in [0.29, 0.717) is 11.6 Å². The van der Waals surface area contributed by atoms with Crippen LogP contribution in [0.4, 0.5) is 0 Å². The molecule has 2 aromatic rings. The van der Waals surface area contributed by atoms with Crippen LogP contribution in [0.3, 0.4) is 0 Å². The lowest BCUT2D eigenvalue weighted by Crippen LogP contribution is -2.05. The highest BCUT2D eigenvalue weighted by molar-refractivity contribution is 14.1. The van der Waals surface area contributed by atoms with Crippen molar-refractivity contribution in [1.29, 1.82) is 0 Å². The molecule has 0 atom stereocenters. The predicted molar refractivity (Wildman–Crippen MR) is 107 cm³/mol. The molecule has 0 unspecified atom stereocenters. The van der Waals surface area contributed by atoms with E-state index >= 15 is 0 Å². The van der Waals surface area contributed by atoms with Gasteiger partial charge < -0.3 is 9.47 Å². The molecule has 0 N–H and O–H groups in total. The number of aryl methyl sites for hydroxylation is 2. The van der Waals surface area contributed by atoms with Crippen LogP contribution in [0, 0.1) is 17.4 Å². The smallest absolute Gasteiger partial charge is 0.363 e. The maximum Gasteiger partial charge on any atom is 0.363 e. The standard InChI is InChI=1S/C20H16INO4/c1-11-8-14(9-12(2)18(11)25-13(3)23)10-17-20(24)26-19(22-17)15-4-6-16(21)7-5-15/h4-10H,1-3H3/b17-10-. The number of aliphatic imine (C=N–C) groups is 1. The van der Waals surface area contributed by atoms with Crippen molar-refractivity contribution in [3.63, 3.8) is 0 Å². The molecular formula is C20H16INO4. The second-order valence-corrected chi connectivity index (χ2v) is 7.17. The Morgan fingerprint density at radius 2 is 1.77 bits per heavy atom. The first-order valence-corrected chi connectivity index (χ1v) is 8.99. The van der Waals surface area contributed by atoms with E-state index in [4.69, 9.17) is 9.47 Å². The normalized spacial score (nSPS) is 15.0. The molecule has 2 aromatic carbocycles. The van der Waals surface area contributed by atoms with E-state index in [0.717, 1.165) is 25.8 Å². The molecule has 0 saturated carbocycles. The minimum absolute atomic E-state index is 0.234. The molecule has 0 aromatic heterocycles. The van der Waals surface area contributed by atoms with Gasteiger partial charge in [-0.2, -0.15) is 0 Å². The van der Waals surface area contributed by atoms with Crippen molar-refractivity contribution in [2.24, 2.45) is 4.99 Å². The van der Waals surface area contributed by atoms with Crippen molar-refractivity contribution in [3.05, 3.63) is 67.9 Å². The number of nitrogens with zero attached hydrogens (tertiary/aromatic N) is 1. The summed E-state index contributed by atoms with van der Waals surface area (Å²) in [4.78, 5) is 27.7. The Labute approximate surface area is 164 Å². The molecule has 6 heteroatoms. The first-order chi connectivity index (χ1) is 12.3. The van der Waals surface area contributed by atoms with Crippen molar-refractivity contribution in [2.45, 2.75) is 20.8 Å². The molecule has 0 fully saturated rings. The summed E-state index contributed by atoms with van der Waals surface area (Å²) in [7, 11) is 0. The van der Waals surface area contributed by atoms with Crippen LogP contribution in [0.25, 0.3) is 6.08 Å². The highest BCUT2D eigenvalue weighted by atomic mass is 127. The Balaban J connectivity index is 1.93. The number of hydrogen-bond donors (Lipinski definition) is 0. The second-order valence-electron chi connectivity index (χ2n) is 5.92. The van der Waals surface area contributed by atoms with Gasteiger partial charge in [-0.3, -0.25) is 4.79 Å². The molecule has 1 heterocycles. The summed E-state index contributed by atoms with van der Waals surface area (Å²) in [6.07, 6.45) is 1.67. The molecule has 0 saturated heterocycles. The molecule has 0 spiro atoms. The maximum absolute atomic E-state index is 12.1. The van der Waals surface area contributed by atoms with Crippen molar-refractivity contribution >= 4 is 46.5 Å². The number of esters is 2. The summed E-state index contributed by atoms with van der Waals surface area (Å²) in [5.74, 6) is -0.0225. The van der Waals surface area contributed by atoms with Gasteiger partial charge in [-0.25, -0.2) is 9.79 Å². The fraction of sp³-hybridized carbons (Fsp3) is 0.150. The molecule has 1 aliphatic rings. The van der Waals surface area contributed by atoms with Crippen molar-refractivity contribution in [1.82, 2.24) is 0 Å². The maximum atomic E-state index is 12.1. The van der Waals surface area contributed by atoms with E-state index in [1.807, 2.05) is 50.2 Å². The van der Waals surface area contributed by atoms with Gasteiger partial charge >= 0.3 is 11.9 Å². The lowest BCUT2D eigenvalue weighted by molar-refractivity contribution is -0.132. The topological polar surface area (TPSA) is 65.0 Å². The predicted octanol–water partition coefficient (Wildman–Crippen LogP) is 4.18. The van der Waals surface area contributed by atoms with Crippen LogP contribution in [-0.2, 0) is 14.3 Å². The third-order valence-electron chi connectivity index (χ3n) is 3.74. The lowest BCUT2D eigenvalue weighted by Gasteiger charge is -2.10. The molecular weight excluding hydrogens is 445 g/mol. The first kappa shape index (κ1) is 18.3. The van der Waals surface area contributed by atoms with Crippen LogP contribution in [-0.4, -0.2) is 17.8 Å². The number of carbonyl (C=O) groups excluding carboxylic acids is 2. The SMILES string of the molecule is CC(=O)Oc1c(C)cc(/C=C2\N=C(c3ccc(I)cc3)OC2=O)cc1C. The van der Waals surface area contributed by atoms with Gasteiger partial charge in [-0.15, -0.1) is 0 Å². The Morgan fingerprint density at radius 1 is 1.15 bits per heavy atom. The van der Waals surface area contributed by atoms with E-state index in [1.54, 1.807) is 6.08 Å². The van der Waals surface area contributed by atoms with E-state index in [1.165, 1.54) is 6.92 Å². The minimum Gasteiger partial charge on any atom is -0.426 e. The van der Waals surface area contributed by atoms with Gasteiger partial charge in [0, 0.05) is 16.1 Å². The number of hydrogen-bond acceptors (Lipinski definition) is 5. The summed E-state index contributed by atoms with van der Waals surface area (Å²) < 4.78 is 11.6. The zero-order valence-corrected chi connectivity index (χ0v) is 16.7.